The monoisotopic (exact) mass is 317 g/mol. The molecule has 0 saturated carbocycles. The van der Waals surface area contributed by atoms with Crippen LogP contribution in [0.1, 0.15) is 29.2 Å². The van der Waals surface area contributed by atoms with E-state index in [0.717, 1.165) is 16.8 Å². The van der Waals surface area contributed by atoms with Crippen molar-refractivity contribution in [3.05, 3.63) is 29.0 Å². The first-order valence-corrected chi connectivity index (χ1v) is 7.23. The van der Waals surface area contributed by atoms with Crippen molar-refractivity contribution in [3.8, 4) is 17.2 Å². The summed E-state index contributed by atoms with van der Waals surface area (Å²) < 4.78 is 16.2. The largest absolute Gasteiger partial charge is 0.493 e. The van der Waals surface area contributed by atoms with Crippen molar-refractivity contribution in [1.82, 2.24) is 10.2 Å². The second-order valence-electron chi connectivity index (χ2n) is 5.37. The Bertz CT molecular complexity index is 729. The van der Waals surface area contributed by atoms with Gasteiger partial charge in [0.2, 0.25) is 11.7 Å². The van der Waals surface area contributed by atoms with Gasteiger partial charge in [-0.25, -0.2) is 0 Å². The zero-order valence-corrected chi connectivity index (χ0v) is 13.5. The predicted molar refractivity (Wildman–Crippen MR) is 84.5 cm³/mol. The van der Waals surface area contributed by atoms with Gasteiger partial charge in [-0.05, 0) is 24.6 Å². The Kier molecular flexibility index (Phi) is 3.85. The molecular weight excluding hydrogens is 298 g/mol. The number of fused-ring (bicyclic) bond motifs is 1. The Morgan fingerprint density at radius 1 is 1.13 bits per heavy atom. The molecule has 1 aromatic carbocycles. The molecule has 0 spiro atoms. The lowest BCUT2D eigenvalue weighted by atomic mass is 9.85. The highest BCUT2D eigenvalue weighted by Crippen LogP contribution is 2.44. The summed E-state index contributed by atoms with van der Waals surface area (Å²) in [5, 5.41) is 9.88. The number of nitrogens with one attached hydrogen (secondary N) is 2. The Hall–Kier alpha value is -2.70. The second-order valence-corrected chi connectivity index (χ2v) is 5.37. The molecule has 1 atom stereocenters. The first-order valence-electron chi connectivity index (χ1n) is 7.23. The number of aromatic amines is 1. The first kappa shape index (κ1) is 15.2. The number of carbonyl (C=O) groups excluding carboxylic acids is 1. The molecule has 2 aromatic rings. The Morgan fingerprint density at radius 2 is 1.78 bits per heavy atom. The molecule has 7 nitrogen and oxygen atoms in total. The summed E-state index contributed by atoms with van der Waals surface area (Å²) in [5.41, 5.74) is 2.83. The van der Waals surface area contributed by atoms with E-state index in [1.165, 1.54) is 0 Å². The molecule has 0 aliphatic carbocycles. The van der Waals surface area contributed by atoms with Gasteiger partial charge >= 0.3 is 0 Å². The van der Waals surface area contributed by atoms with E-state index in [4.69, 9.17) is 14.2 Å². The van der Waals surface area contributed by atoms with Gasteiger partial charge in [-0.1, -0.05) is 0 Å². The molecule has 0 radical (unpaired) electrons. The van der Waals surface area contributed by atoms with Crippen molar-refractivity contribution >= 4 is 11.7 Å². The third kappa shape index (κ3) is 2.48. The number of carbonyl (C=O) groups is 1. The zero-order valence-electron chi connectivity index (χ0n) is 13.5. The summed E-state index contributed by atoms with van der Waals surface area (Å²) in [6.07, 6.45) is 0.339. The number of H-pyrrole nitrogens is 1. The molecule has 2 heterocycles. The van der Waals surface area contributed by atoms with Crippen LogP contribution in [0.25, 0.3) is 0 Å². The fraction of sp³-hybridized carbons (Fsp3) is 0.375. The van der Waals surface area contributed by atoms with Gasteiger partial charge in [0, 0.05) is 23.6 Å². The van der Waals surface area contributed by atoms with E-state index in [1.54, 1.807) is 21.3 Å². The number of benzene rings is 1. The molecule has 0 bridgehead atoms. The zero-order chi connectivity index (χ0) is 16.6. The number of hydrogen-bond acceptors (Lipinski definition) is 5. The molecule has 1 aromatic heterocycles. The van der Waals surface area contributed by atoms with Crippen molar-refractivity contribution in [2.45, 2.75) is 19.3 Å². The van der Waals surface area contributed by atoms with Crippen LogP contribution in [-0.4, -0.2) is 37.4 Å². The summed E-state index contributed by atoms with van der Waals surface area (Å²) >= 11 is 0. The van der Waals surface area contributed by atoms with Crippen molar-refractivity contribution < 1.29 is 19.0 Å². The number of amides is 1. The number of rotatable bonds is 4. The third-order valence-corrected chi connectivity index (χ3v) is 4.08. The minimum absolute atomic E-state index is 0.0669. The van der Waals surface area contributed by atoms with Crippen LogP contribution in [0, 0.1) is 6.92 Å². The lowest BCUT2D eigenvalue weighted by Gasteiger charge is -2.24. The van der Waals surface area contributed by atoms with Gasteiger partial charge in [0.05, 0.1) is 21.3 Å². The van der Waals surface area contributed by atoms with E-state index < -0.39 is 0 Å². The predicted octanol–water partition coefficient (Wildman–Crippen LogP) is 2.22. The maximum absolute atomic E-state index is 12.0. The van der Waals surface area contributed by atoms with Crippen molar-refractivity contribution in [1.29, 1.82) is 0 Å². The number of aryl methyl sites for hydroxylation is 1. The summed E-state index contributed by atoms with van der Waals surface area (Å²) in [7, 11) is 4.71. The second kappa shape index (κ2) is 5.83. The molecule has 122 valence electrons. The first-order chi connectivity index (χ1) is 11.1. The van der Waals surface area contributed by atoms with Crippen molar-refractivity contribution in [2.24, 2.45) is 0 Å². The molecule has 0 saturated heterocycles. The standard InChI is InChI=1S/C16H19N3O4/c1-8-14-10(7-13(20)17-16(14)19-18-8)9-5-11(21-2)15(23-4)12(6-9)22-3/h5-6,10H,7H2,1-4H3,(H2,17,18,19,20). The van der Waals surface area contributed by atoms with Gasteiger partial charge in [0.1, 0.15) is 0 Å². The summed E-state index contributed by atoms with van der Waals surface area (Å²) in [6, 6.07) is 3.75. The number of aromatic nitrogens is 2. The quantitative estimate of drug-likeness (QED) is 0.903. The summed E-state index contributed by atoms with van der Waals surface area (Å²) in [6.45, 7) is 1.94. The number of nitrogens with zero attached hydrogens (tertiary/aromatic N) is 1. The Morgan fingerprint density at radius 3 is 2.35 bits per heavy atom. The van der Waals surface area contributed by atoms with E-state index in [0.29, 0.717) is 29.5 Å². The van der Waals surface area contributed by atoms with Gasteiger partial charge in [-0.3, -0.25) is 9.89 Å². The minimum atomic E-state index is -0.119. The average Bonchev–Trinajstić information content (AvgIpc) is 2.93. The third-order valence-electron chi connectivity index (χ3n) is 4.08. The fourth-order valence-corrected chi connectivity index (χ4v) is 3.02. The maximum atomic E-state index is 12.0. The van der Waals surface area contributed by atoms with E-state index in [9.17, 15) is 4.79 Å². The maximum Gasteiger partial charge on any atom is 0.226 e. The van der Waals surface area contributed by atoms with E-state index in [1.807, 2.05) is 19.1 Å². The molecule has 1 amide bonds. The van der Waals surface area contributed by atoms with Crippen LogP contribution in [0.2, 0.25) is 0 Å². The van der Waals surface area contributed by atoms with Crippen LogP contribution < -0.4 is 19.5 Å². The van der Waals surface area contributed by atoms with Crippen LogP contribution in [0.15, 0.2) is 12.1 Å². The Balaban J connectivity index is 2.15. The van der Waals surface area contributed by atoms with E-state index in [-0.39, 0.29) is 11.8 Å². The minimum Gasteiger partial charge on any atom is -0.493 e. The normalized spacial score (nSPS) is 16.5. The molecular formula is C16H19N3O4. The number of hydrogen-bond donors (Lipinski definition) is 2. The number of methoxy groups -OCH3 is 3. The molecule has 23 heavy (non-hydrogen) atoms. The van der Waals surface area contributed by atoms with Crippen LogP contribution in [-0.2, 0) is 4.79 Å². The van der Waals surface area contributed by atoms with Gasteiger partial charge in [0.25, 0.3) is 0 Å². The lowest BCUT2D eigenvalue weighted by molar-refractivity contribution is -0.116. The van der Waals surface area contributed by atoms with E-state index >= 15 is 0 Å². The van der Waals surface area contributed by atoms with Gasteiger partial charge in [-0.2, -0.15) is 5.10 Å². The smallest absolute Gasteiger partial charge is 0.226 e. The molecule has 3 rings (SSSR count). The highest BCUT2D eigenvalue weighted by Gasteiger charge is 2.31. The van der Waals surface area contributed by atoms with Gasteiger partial charge in [0.15, 0.2) is 17.3 Å². The highest BCUT2D eigenvalue weighted by atomic mass is 16.5. The van der Waals surface area contributed by atoms with Crippen LogP contribution >= 0.6 is 0 Å². The average molecular weight is 317 g/mol. The number of ether oxygens (including phenoxy) is 3. The SMILES string of the molecule is COc1cc(C2CC(=O)Nc3n[nH]c(C)c32)cc(OC)c1OC. The highest BCUT2D eigenvalue weighted by molar-refractivity contribution is 5.94. The molecule has 1 unspecified atom stereocenters. The van der Waals surface area contributed by atoms with Crippen LogP contribution in [0.4, 0.5) is 5.82 Å². The molecule has 0 fully saturated rings. The Labute approximate surface area is 133 Å². The van der Waals surface area contributed by atoms with E-state index in [2.05, 4.69) is 15.5 Å². The molecule has 1 aliphatic rings. The summed E-state index contributed by atoms with van der Waals surface area (Å²) in [5.74, 6) is 2.06. The number of anilines is 1. The molecule has 2 N–H and O–H groups in total. The van der Waals surface area contributed by atoms with Crippen molar-refractivity contribution in [2.75, 3.05) is 26.6 Å². The fourth-order valence-electron chi connectivity index (χ4n) is 3.02. The van der Waals surface area contributed by atoms with Gasteiger partial charge < -0.3 is 19.5 Å². The molecule has 7 heteroatoms. The topological polar surface area (TPSA) is 85.5 Å². The van der Waals surface area contributed by atoms with Crippen molar-refractivity contribution in [3.63, 3.8) is 0 Å². The van der Waals surface area contributed by atoms with Crippen LogP contribution in [0.3, 0.4) is 0 Å². The summed E-state index contributed by atoms with van der Waals surface area (Å²) in [4.78, 5) is 12.0. The van der Waals surface area contributed by atoms with Gasteiger partial charge in [-0.15, -0.1) is 0 Å². The molecule has 1 aliphatic heterocycles. The lowest BCUT2D eigenvalue weighted by Crippen LogP contribution is -2.23. The van der Waals surface area contributed by atoms with Crippen LogP contribution in [0.5, 0.6) is 17.2 Å².